The average Bonchev–Trinajstić information content (AvgIpc) is 2.83. The van der Waals surface area contributed by atoms with Crippen LogP contribution in [0, 0.1) is 0 Å². The van der Waals surface area contributed by atoms with E-state index in [1.54, 1.807) is 30.1 Å². The lowest BCUT2D eigenvalue weighted by Crippen LogP contribution is -2.05. The van der Waals surface area contributed by atoms with Gasteiger partial charge in [-0.25, -0.2) is 4.68 Å². The van der Waals surface area contributed by atoms with Crippen molar-refractivity contribution in [2.24, 2.45) is 0 Å². The number of aromatic nitrogens is 2. The summed E-state index contributed by atoms with van der Waals surface area (Å²) in [7, 11) is 1.63. The van der Waals surface area contributed by atoms with Crippen molar-refractivity contribution in [3.05, 3.63) is 46.7 Å². The summed E-state index contributed by atoms with van der Waals surface area (Å²) in [5.41, 5.74) is 2.13. The molecular formula is C14H15ClN2O2. The maximum Gasteiger partial charge on any atom is 0.153 e. The molecule has 19 heavy (non-hydrogen) atoms. The number of hydrogen-bond donors (Lipinski definition) is 0. The van der Waals surface area contributed by atoms with Crippen molar-refractivity contribution in [3.8, 4) is 5.69 Å². The summed E-state index contributed by atoms with van der Waals surface area (Å²) in [5, 5.41) is 5.09. The molecular weight excluding hydrogens is 264 g/mol. The molecule has 0 aliphatic rings. The van der Waals surface area contributed by atoms with Crippen LogP contribution in [0.4, 0.5) is 0 Å². The van der Waals surface area contributed by atoms with Crippen LogP contribution in [-0.4, -0.2) is 29.8 Å². The third kappa shape index (κ3) is 3.03. The van der Waals surface area contributed by atoms with Crippen LogP contribution in [0.3, 0.4) is 0 Å². The second kappa shape index (κ2) is 5.99. The standard InChI is InChI=1S/C14H15ClN2O2/c1-10(9-19-2)14-11(8-18)7-17(16-14)13-5-3-4-12(15)6-13/h3-8,10H,9H2,1-2H3. The molecule has 0 radical (unpaired) electrons. The normalized spacial score (nSPS) is 12.4. The second-order valence-corrected chi connectivity index (χ2v) is 4.80. The highest BCUT2D eigenvalue weighted by atomic mass is 35.5. The van der Waals surface area contributed by atoms with Crippen LogP contribution in [0.5, 0.6) is 0 Å². The van der Waals surface area contributed by atoms with E-state index in [2.05, 4.69) is 5.10 Å². The Morgan fingerprint density at radius 1 is 1.53 bits per heavy atom. The van der Waals surface area contributed by atoms with Gasteiger partial charge in [-0.05, 0) is 18.2 Å². The van der Waals surface area contributed by atoms with Gasteiger partial charge in [0.25, 0.3) is 0 Å². The number of aldehydes is 1. The number of hydrogen-bond acceptors (Lipinski definition) is 3. The number of benzene rings is 1. The lowest BCUT2D eigenvalue weighted by atomic mass is 10.1. The molecule has 0 saturated carbocycles. The van der Waals surface area contributed by atoms with E-state index in [0.717, 1.165) is 17.7 Å². The minimum atomic E-state index is 0.0608. The van der Waals surface area contributed by atoms with Gasteiger partial charge in [-0.1, -0.05) is 24.6 Å². The van der Waals surface area contributed by atoms with E-state index >= 15 is 0 Å². The van der Waals surface area contributed by atoms with E-state index in [9.17, 15) is 4.79 Å². The molecule has 0 bridgehead atoms. The van der Waals surface area contributed by atoms with Crippen molar-refractivity contribution in [1.82, 2.24) is 9.78 Å². The fraction of sp³-hybridized carbons (Fsp3) is 0.286. The Morgan fingerprint density at radius 2 is 2.32 bits per heavy atom. The van der Waals surface area contributed by atoms with Crippen molar-refractivity contribution < 1.29 is 9.53 Å². The molecule has 2 rings (SSSR count). The lowest BCUT2D eigenvalue weighted by Gasteiger charge is -2.07. The Hall–Kier alpha value is -1.65. The number of carbonyl (C=O) groups excluding carboxylic acids is 1. The molecule has 5 heteroatoms. The van der Waals surface area contributed by atoms with E-state index in [1.165, 1.54) is 0 Å². The van der Waals surface area contributed by atoms with Gasteiger partial charge < -0.3 is 4.74 Å². The van der Waals surface area contributed by atoms with Crippen LogP contribution in [0.15, 0.2) is 30.5 Å². The molecule has 1 atom stereocenters. The van der Waals surface area contributed by atoms with E-state index in [-0.39, 0.29) is 5.92 Å². The van der Waals surface area contributed by atoms with E-state index in [4.69, 9.17) is 16.3 Å². The fourth-order valence-electron chi connectivity index (χ4n) is 1.95. The maximum atomic E-state index is 11.1. The van der Waals surface area contributed by atoms with Gasteiger partial charge in [0, 0.05) is 24.2 Å². The summed E-state index contributed by atoms with van der Waals surface area (Å²) in [5.74, 6) is 0.0608. The smallest absolute Gasteiger partial charge is 0.153 e. The Balaban J connectivity index is 2.41. The van der Waals surface area contributed by atoms with Crippen LogP contribution in [0.1, 0.15) is 28.9 Å². The molecule has 1 heterocycles. The monoisotopic (exact) mass is 278 g/mol. The molecule has 1 aromatic heterocycles. The Bertz CT molecular complexity index is 581. The lowest BCUT2D eigenvalue weighted by molar-refractivity contribution is 0.112. The van der Waals surface area contributed by atoms with Crippen molar-refractivity contribution in [2.75, 3.05) is 13.7 Å². The molecule has 4 nitrogen and oxygen atoms in total. The zero-order valence-corrected chi connectivity index (χ0v) is 11.6. The van der Waals surface area contributed by atoms with Gasteiger partial charge in [-0.15, -0.1) is 0 Å². The first-order valence-electron chi connectivity index (χ1n) is 5.95. The third-order valence-electron chi connectivity index (χ3n) is 2.86. The van der Waals surface area contributed by atoms with Gasteiger partial charge >= 0.3 is 0 Å². The number of nitrogens with zero attached hydrogens (tertiary/aromatic N) is 2. The molecule has 0 spiro atoms. The van der Waals surface area contributed by atoms with E-state index in [1.807, 2.05) is 19.1 Å². The van der Waals surface area contributed by atoms with Gasteiger partial charge in [-0.3, -0.25) is 4.79 Å². The predicted molar refractivity (Wildman–Crippen MR) is 74.3 cm³/mol. The Kier molecular flexibility index (Phi) is 4.35. The van der Waals surface area contributed by atoms with Gasteiger partial charge in [-0.2, -0.15) is 5.10 Å². The predicted octanol–water partition coefficient (Wildman–Crippen LogP) is 3.09. The Labute approximate surface area is 116 Å². The highest BCUT2D eigenvalue weighted by Gasteiger charge is 2.16. The highest BCUT2D eigenvalue weighted by molar-refractivity contribution is 6.30. The first kappa shape index (κ1) is 13.8. The van der Waals surface area contributed by atoms with Crippen molar-refractivity contribution in [2.45, 2.75) is 12.8 Å². The number of carbonyl (C=O) groups is 1. The molecule has 1 unspecified atom stereocenters. The molecule has 100 valence electrons. The first-order chi connectivity index (χ1) is 9.15. The van der Waals surface area contributed by atoms with Crippen LogP contribution in [0.2, 0.25) is 5.02 Å². The van der Waals surface area contributed by atoms with E-state index in [0.29, 0.717) is 17.2 Å². The minimum Gasteiger partial charge on any atom is -0.384 e. The number of halogens is 1. The molecule has 2 aromatic rings. The zero-order chi connectivity index (χ0) is 13.8. The van der Waals surface area contributed by atoms with Crippen molar-refractivity contribution >= 4 is 17.9 Å². The summed E-state index contributed by atoms with van der Waals surface area (Å²) >= 11 is 5.96. The molecule has 0 N–H and O–H groups in total. The summed E-state index contributed by atoms with van der Waals surface area (Å²) in [6.45, 7) is 2.49. The molecule has 0 aliphatic heterocycles. The first-order valence-corrected chi connectivity index (χ1v) is 6.33. The van der Waals surface area contributed by atoms with Crippen molar-refractivity contribution in [3.63, 3.8) is 0 Å². The molecule has 0 aliphatic carbocycles. The summed E-state index contributed by atoms with van der Waals surface area (Å²) in [4.78, 5) is 11.1. The highest BCUT2D eigenvalue weighted by Crippen LogP contribution is 2.20. The largest absolute Gasteiger partial charge is 0.384 e. The Morgan fingerprint density at radius 3 is 2.95 bits per heavy atom. The minimum absolute atomic E-state index is 0.0608. The number of ether oxygens (including phenoxy) is 1. The molecule has 1 aromatic carbocycles. The number of methoxy groups -OCH3 is 1. The van der Waals surface area contributed by atoms with Crippen LogP contribution >= 0.6 is 11.6 Å². The maximum absolute atomic E-state index is 11.1. The molecule has 0 saturated heterocycles. The number of rotatable bonds is 5. The van der Waals surface area contributed by atoms with Gasteiger partial charge in [0.15, 0.2) is 6.29 Å². The van der Waals surface area contributed by atoms with Crippen LogP contribution < -0.4 is 0 Å². The van der Waals surface area contributed by atoms with Crippen LogP contribution in [0.25, 0.3) is 5.69 Å². The van der Waals surface area contributed by atoms with Gasteiger partial charge in [0.2, 0.25) is 0 Å². The quantitative estimate of drug-likeness (QED) is 0.790. The third-order valence-corrected chi connectivity index (χ3v) is 3.09. The SMILES string of the molecule is COCC(C)c1nn(-c2cccc(Cl)c2)cc1C=O. The van der Waals surface area contributed by atoms with Gasteiger partial charge in [0.05, 0.1) is 23.6 Å². The molecule has 0 fully saturated rings. The summed E-state index contributed by atoms with van der Waals surface area (Å²) in [6.07, 6.45) is 2.52. The fourth-order valence-corrected chi connectivity index (χ4v) is 2.14. The van der Waals surface area contributed by atoms with Gasteiger partial charge in [0.1, 0.15) is 0 Å². The summed E-state index contributed by atoms with van der Waals surface area (Å²) in [6, 6.07) is 7.33. The summed E-state index contributed by atoms with van der Waals surface area (Å²) < 4.78 is 6.77. The second-order valence-electron chi connectivity index (χ2n) is 4.37. The van der Waals surface area contributed by atoms with Crippen molar-refractivity contribution in [1.29, 1.82) is 0 Å². The van der Waals surface area contributed by atoms with E-state index < -0.39 is 0 Å². The van der Waals surface area contributed by atoms with Crippen LogP contribution in [-0.2, 0) is 4.74 Å². The average molecular weight is 279 g/mol. The topological polar surface area (TPSA) is 44.1 Å². The molecule has 0 amide bonds. The zero-order valence-electron chi connectivity index (χ0n) is 10.8.